The first-order chi connectivity index (χ1) is 11.5. The van der Waals surface area contributed by atoms with Crippen LogP contribution < -0.4 is 4.74 Å². The van der Waals surface area contributed by atoms with Gasteiger partial charge in [0.15, 0.2) is 11.6 Å². The second-order valence-corrected chi connectivity index (χ2v) is 6.66. The summed E-state index contributed by atoms with van der Waals surface area (Å²) in [6.45, 7) is 2.08. The van der Waals surface area contributed by atoms with Crippen LogP contribution in [-0.2, 0) is 6.42 Å². The minimum Gasteiger partial charge on any atom is -0.496 e. The van der Waals surface area contributed by atoms with Crippen molar-refractivity contribution in [3.8, 4) is 5.75 Å². The summed E-state index contributed by atoms with van der Waals surface area (Å²) in [5, 5.41) is 10.6. The Hall–Kier alpha value is -2.46. The summed E-state index contributed by atoms with van der Waals surface area (Å²) < 4.78 is 5.27. The van der Waals surface area contributed by atoms with Crippen LogP contribution in [0, 0.1) is 5.92 Å². The van der Waals surface area contributed by atoms with Gasteiger partial charge in [0.1, 0.15) is 5.75 Å². The van der Waals surface area contributed by atoms with Crippen LogP contribution in [0.5, 0.6) is 5.75 Å². The van der Waals surface area contributed by atoms with E-state index in [-0.39, 0.29) is 11.6 Å². The number of methoxy groups -OCH3 is 1. The third kappa shape index (κ3) is 1.96. The van der Waals surface area contributed by atoms with Gasteiger partial charge in [-0.05, 0) is 42.0 Å². The van der Waals surface area contributed by atoms with Gasteiger partial charge in [-0.1, -0.05) is 25.1 Å². The Balaban J connectivity index is 1.99. The van der Waals surface area contributed by atoms with Crippen LogP contribution in [-0.4, -0.2) is 23.8 Å². The molecule has 0 spiro atoms. The lowest BCUT2D eigenvalue weighted by molar-refractivity contribution is 0.0963. The number of hydrogen-bond acceptors (Lipinski definition) is 4. The fraction of sp³-hybridized carbons (Fsp3) is 0.300. The lowest BCUT2D eigenvalue weighted by Gasteiger charge is -2.31. The zero-order chi connectivity index (χ0) is 17.0. The number of aliphatic hydroxyl groups is 1. The molecule has 0 fully saturated rings. The van der Waals surface area contributed by atoms with Crippen LogP contribution in [0.1, 0.15) is 62.4 Å². The van der Waals surface area contributed by atoms with Gasteiger partial charge in [0.2, 0.25) is 0 Å². The maximum atomic E-state index is 13.1. The van der Waals surface area contributed by atoms with E-state index in [4.69, 9.17) is 4.74 Å². The van der Waals surface area contributed by atoms with Gasteiger partial charge in [-0.3, -0.25) is 9.59 Å². The molecule has 4 nitrogen and oxygen atoms in total. The lowest BCUT2D eigenvalue weighted by Crippen LogP contribution is -2.27. The van der Waals surface area contributed by atoms with Crippen LogP contribution in [0.4, 0.5) is 0 Å². The highest BCUT2D eigenvalue weighted by molar-refractivity contribution is 6.30. The molecule has 1 N–H and O–H groups in total. The van der Waals surface area contributed by atoms with Crippen LogP contribution in [0.3, 0.4) is 0 Å². The molecule has 0 saturated heterocycles. The molecule has 0 amide bonds. The average molecular weight is 322 g/mol. The van der Waals surface area contributed by atoms with E-state index in [0.29, 0.717) is 45.9 Å². The number of fused-ring (bicyclic) bond motifs is 4. The maximum Gasteiger partial charge on any atom is 0.198 e. The lowest BCUT2D eigenvalue weighted by atomic mass is 9.74. The van der Waals surface area contributed by atoms with E-state index in [2.05, 4.69) is 6.92 Å². The highest BCUT2D eigenvalue weighted by Crippen LogP contribution is 2.41. The number of carbonyl (C=O) groups excluding carboxylic acids is 2. The minimum absolute atomic E-state index is 0.205. The van der Waals surface area contributed by atoms with Crippen molar-refractivity contribution in [3.63, 3.8) is 0 Å². The number of rotatable bonds is 1. The second-order valence-electron chi connectivity index (χ2n) is 6.66. The molecule has 2 aromatic carbocycles. The highest BCUT2D eigenvalue weighted by Gasteiger charge is 2.37. The summed E-state index contributed by atoms with van der Waals surface area (Å²) in [6.07, 6.45) is 0.713. The molecule has 2 aliphatic rings. The molecular weight excluding hydrogens is 304 g/mol. The standard InChI is InChI=1S/C20H18O4/c1-10-8-11-6-7-13-18(16(11)14(21)9-10)20(23)12-4-3-5-15(24-2)17(12)19(13)22/h3-7,10,14,21H,8-9H2,1-2H3/t10-,14-/m0/s1. The molecule has 4 heteroatoms. The number of benzene rings is 2. The second kappa shape index (κ2) is 5.28. The Morgan fingerprint density at radius 1 is 1.04 bits per heavy atom. The SMILES string of the molecule is COc1cccc2c1C(=O)c1ccc3c(c1C2=O)[C@@H](O)C[C@@H](C)C3. The van der Waals surface area contributed by atoms with E-state index in [1.807, 2.05) is 6.07 Å². The minimum atomic E-state index is -0.706. The van der Waals surface area contributed by atoms with E-state index >= 15 is 0 Å². The maximum absolute atomic E-state index is 13.1. The van der Waals surface area contributed by atoms with E-state index in [0.717, 1.165) is 12.0 Å². The van der Waals surface area contributed by atoms with E-state index in [9.17, 15) is 14.7 Å². The first kappa shape index (κ1) is 15.1. The van der Waals surface area contributed by atoms with Gasteiger partial charge in [-0.25, -0.2) is 0 Å². The van der Waals surface area contributed by atoms with Crippen molar-refractivity contribution < 1.29 is 19.4 Å². The van der Waals surface area contributed by atoms with Crippen molar-refractivity contribution in [2.75, 3.05) is 7.11 Å². The number of ether oxygens (including phenoxy) is 1. The Morgan fingerprint density at radius 2 is 1.75 bits per heavy atom. The molecule has 0 aromatic heterocycles. The number of hydrogen-bond donors (Lipinski definition) is 1. The largest absolute Gasteiger partial charge is 0.496 e. The van der Waals surface area contributed by atoms with Gasteiger partial charge in [-0.15, -0.1) is 0 Å². The normalized spacial score (nSPS) is 21.8. The van der Waals surface area contributed by atoms with Crippen molar-refractivity contribution in [1.82, 2.24) is 0 Å². The van der Waals surface area contributed by atoms with E-state index in [1.54, 1.807) is 24.3 Å². The quantitative estimate of drug-likeness (QED) is 0.748. The third-order valence-corrected chi connectivity index (χ3v) is 5.05. The molecule has 0 aliphatic heterocycles. The summed E-state index contributed by atoms with van der Waals surface area (Å²) in [4.78, 5) is 26.1. The smallest absolute Gasteiger partial charge is 0.198 e. The van der Waals surface area contributed by atoms with Crippen molar-refractivity contribution in [1.29, 1.82) is 0 Å². The zero-order valence-corrected chi connectivity index (χ0v) is 13.6. The van der Waals surface area contributed by atoms with Gasteiger partial charge in [0.05, 0.1) is 18.8 Å². The summed E-state index contributed by atoms with van der Waals surface area (Å²) >= 11 is 0. The summed E-state index contributed by atoms with van der Waals surface area (Å²) in [6, 6.07) is 8.64. The molecule has 2 aromatic rings. The predicted molar refractivity (Wildman–Crippen MR) is 88.7 cm³/mol. The Morgan fingerprint density at radius 3 is 2.50 bits per heavy atom. The molecule has 0 radical (unpaired) electrons. The van der Waals surface area contributed by atoms with Gasteiger partial charge >= 0.3 is 0 Å². The van der Waals surface area contributed by atoms with E-state index < -0.39 is 6.10 Å². The van der Waals surface area contributed by atoms with Crippen LogP contribution in [0.25, 0.3) is 0 Å². The number of ketones is 2. The third-order valence-electron chi connectivity index (χ3n) is 5.05. The Kier molecular flexibility index (Phi) is 3.32. The molecule has 122 valence electrons. The van der Waals surface area contributed by atoms with Gasteiger partial charge in [0.25, 0.3) is 0 Å². The van der Waals surface area contributed by atoms with E-state index in [1.165, 1.54) is 7.11 Å². The zero-order valence-electron chi connectivity index (χ0n) is 13.6. The number of carbonyl (C=O) groups is 2. The Labute approximate surface area is 140 Å². The fourth-order valence-corrected chi connectivity index (χ4v) is 4.01. The molecule has 0 saturated carbocycles. The molecular formula is C20H18O4. The molecule has 0 bridgehead atoms. The first-order valence-corrected chi connectivity index (χ1v) is 8.13. The first-order valence-electron chi connectivity index (χ1n) is 8.13. The Bertz CT molecular complexity index is 881. The fourth-order valence-electron chi connectivity index (χ4n) is 4.01. The van der Waals surface area contributed by atoms with Gasteiger partial charge in [-0.2, -0.15) is 0 Å². The van der Waals surface area contributed by atoms with Crippen LogP contribution >= 0.6 is 0 Å². The summed E-state index contributed by atoms with van der Waals surface area (Å²) in [5.41, 5.74) is 3.01. The molecule has 0 unspecified atom stereocenters. The highest BCUT2D eigenvalue weighted by atomic mass is 16.5. The van der Waals surface area contributed by atoms with Crippen molar-refractivity contribution in [2.24, 2.45) is 5.92 Å². The average Bonchev–Trinajstić information content (AvgIpc) is 2.57. The topological polar surface area (TPSA) is 63.6 Å². The molecule has 0 heterocycles. The van der Waals surface area contributed by atoms with Crippen LogP contribution in [0.2, 0.25) is 0 Å². The van der Waals surface area contributed by atoms with Crippen molar-refractivity contribution in [3.05, 3.63) is 63.7 Å². The van der Waals surface area contributed by atoms with Crippen LogP contribution in [0.15, 0.2) is 30.3 Å². The summed E-state index contributed by atoms with van der Waals surface area (Å²) in [5.74, 6) is 0.338. The molecule has 2 aliphatic carbocycles. The summed E-state index contributed by atoms with van der Waals surface area (Å²) in [7, 11) is 1.49. The van der Waals surface area contributed by atoms with Crippen molar-refractivity contribution in [2.45, 2.75) is 25.9 Å². The monoisotopic (exact) mass is 322 g/mol. The molecule has 2 atom stereocenters. The van der Waals surface area contributed by atoms with Crippen molar-refractivity contribution >= 4 is 11.6 Å². The van der Waals surface area contributed by atoms with Gasteiger partial charge < -0.3 is 9.84 Å². The predicted octanol–water partition coefficient (Wildman–Crippen LogP) is 3.09. The molecule has 4 rings (SSSR count). The number of aliphatic hydroxyl groups excluding tert-OH is 1. The van der Waals surface area contributed by atoms with Gasteiger partial charge in [0, 0.05) is 16.7 Å². The molecule has 24 heavy (non-hydrogen) atoms.